The van der Waals surface area contributed by atoms with Gasteiger partial charge < -0.3 is 9.52 Å². The Morgan fingerprint density at radius 2 is 2.18 bits per heavy atom. The monoisotopic (exact) mass is 240 g/mol. The average Bonchev–Trinajstić information content (AvgIpc) is 2.64. The molecule has 1 atom stereocenters. The zero-order chi connectivity index (χ0) is 13.2. The van der Waals surface area contributed by atoms with E-state index in [0.29, 0.717) is 12.4 Å². The molecule has 1 aromatic rings. The van der Waals surface area contributed by atoms with Gasteiger partial charge in [-0.25, -0.2) is 4.98 Å². The van der Waals surface area contributed by atoms with Crippen LogP contribution in [0.4, 0.5) is 0 Å². The van der Waals surface area contributed by atoms with Crippen LogP contribution in [0, 0.1) is 0 Å². The van der Waals surface area contributed by atoms with Crippen molar-refractivity contribution in [3.8, 4) is 0 Å². The zero-order valence-corrected chi connectivity index (χ0v) is 11.0. The minimum absolute atomic E-state index is 0.0811. The Balaban J connectivity index is 2.70. The number of nitrogens with zero attached hydrogens (tertiary/aromatic N) is 2. The van der Waals surface area contributed by atoms with Crippen LogP contribution in [0.15, 0.2) is 10.6 Å². The molecule has 1 aromatic heterocycles. The third-order valence-electron chi connectivity index (χ3n) is 2.70. The maximum atomic E-state index is 10.8. The lowest BCUT2D eigenvalue weighted by molar-refractivity contribution is -0.142. The Morgan fingerprint density at radius 1 is 1.59 bits per heavy atom. The van der Waals surface area contributed by atoms with Gasteiger partial charge in [-0.2, -0.15) is 0 Å². The highest BCUT2D eigenvalue weighted by atomic mass is 16.4. The molecule has 0 aliphatic heterocycles. The molecule has 0 saturated carbocycles. The van der Waals surface area contributed by atoms with Crippen LogP contribution in [0.3, 0.4) is 0 Å². The fourth-order valence-electron chi connectivity index (χ4n) is 1.27. The van der Waals surface area contributed by atoms with Crippen LogP contribution in [0.5, 0.6) is 0 Å². The molecule has 1 rings (SSSR count). The van der Waals surface area contributed by atoms with E-state index in [4.69, 9.17) is 9.52 Å². The van der Waals surface area contributed by atoms with Crippen LogP contribution >= 0.6 is 0 Å². The molecule has 0 aliphatic carbocycles. The molecule has 96 valence electrons. The fourth-order valence-corrected chi connectivity index (χ4v) is 1.27. The first kappa shape index (κ1) is 13.7. The molecular weight excluding hydrogens is 220 g/mol. The molecule has 5 heteroatoms. The summed E-state index contributed by atoms with van der Waals surface area (Å²) in [6.07, 6.45) is 1.70. The number of oxazole rings is 1. The molecule has 0 amide bonds. The second-order valence-electron chi connectivity index (χ2n) is 5.30. The van der Waals surface area contributed by atoms with Crippen LogP contribution in [0.2, 0.25) is 0 Å². The third kappa shape index (κ3) is 3.56. The fraction of sp³-hybridized carbons (Fsp3) is 0.667. The number of hydrogen-bond acceptors (Lipinski definition) is 4. The summed E-state index contributed by atoms with van der Waals surface area (Å²) in [4.78, 5) is 16.6. The van der Waals surface area contributed by atoms with Gasteiger partial charge in [0, 0.05) is 5.41 Å². The van der Waals surface area contributed by atoms with Crippen molar-refractivity contribution in [3.63, 3.8) is 0 Å². The molecule has 1 heterocycles. The Bertz CT molecular complexity index is 393. The predicted molar refractivity (Wildman–Crippen MR) is 63.8 cm³/mol. The van der Waals surface area contributed by atoms with E-state index in [-0.39, 0.29) is 5.41 Å². The van der Waals surface area contributed by atoms with Gasteiger partial charge in [-0.3, -0.25) is 9.69 Å². The molecule has 1 N–H and O–H groups in total. The maximum absolute atomic E-state index is 10.8. The molecule has 17 heavy (non-hydrogen) atoms. The van der Waals surface area contributed by atoms with E-state index in [0.717, 1.165) is 5.76 Å². The molecule has 0 radical (unpaired) electrons. The number of carboxylic acid groups (broad SMARTS) is 1. The normalized spacial score (nSPS) is 14.0. The first-order valence-electron chi connectivity index (χ1n) is 5.60. The Labute approximate surface area is 101 Å². The molecule has 0 fully saturated rings. The van der Waals surface area contributed by atoms with Crippen molar-refractivity contribution in [1.29, 1.82) is 0 Å². The number of rotatable bonds is 4. The number of likely N-dealkylation sites (N-methyl/N-ethyl adjacent to an activating group) is 1. The predicted octanol–water partition coefficient (Wildman–Crippen LogP) is 1.88. The van der Waals surface area contributed by atoms with Gasteiger partial charge in [0.05, 0.1) is 12.7 Å². The summed E-state index contributed by atoms with van der Waals surface area (Å²) in [7, 11) is 1.74. The van der Waals surface area contributed by atoms with Crippen LogP contribution in [0.1, 0.15) is 39.3 Å². The highest BCUT2D eigenvalue weighted by Crippen LogP contribution is 2.23. The molecule has 0 saturated heterocycles. The maximum Gasteiger partial charge on any atom is 0.320 e. The quantitative estimate of drug-likeness (QED) is 0.870. The minimum atomic E-state index is -0.852. The number of carboxylic acids is 1. The van der Waals surface area contributed by atoms with Gasteiger partial charge in [0.1, 0.15) is 11.8 Å². The van der Waals surface area contributed by atoms with Crippen molar-refractivity contribution in [2.75, 3.05) is 7.05 Å². The van der Waals surface area contributed by atoms with E-state index in [1.54, 1.807) is 25.1 Å². The second-order valence-corrected chi connectivity index (χ2v) is 5.30. The number of aromatic nitrogens is 1. The summed E-state index contributed by atoms with van der Waals surface area (Å²) >= 11 is 0. The molecule has 0 aromatic carbocycles. The van der Waals surface area contributed by atoms with Gasteiger partial charge in [-0.1, -0.05) is 20.8 Å². The van der Waals surface area contributed by atoms with E-state index >= 15 is 0 Å². The van der Waals surface area contributed by atoms with E-state index in [2.05, 4.69) is 4.98 Å². The standard InChI is InChI=1S/C12H20N2O3/c1-8(11(15)16)14(5)7-10-13-6-9(17-10)12(2,3)4/h6,8H,7H2,1-5H3,(H,15,16). The Morgan fingerprint density at radius 3 is 2.59 bits per heavy atom. The first-order valence-corrected chi connectivity index (χ1v) is 5.60. The molecule has 0 aliphatic rings. The van der Waals surface area contributed by atoms with Gasteiger partial charge in [0.25, 0.3) is 0 Å². The van der Waals surface area contributed by atoms with E-state index < -0.39 is 12.0 Å². The van der Waals surface area contributed by atoms with Crippen LogP contribution in [-0.2, 0) is 16.8 Å². The van der Waals surface area contributed by atoms with Gasteiger partial charge in [0.2, 0.25) is 5.89 Å². The molecule has 1 unspecified atom stereocenters. The summed E-state index contributed by atoms with van der Waals surface area (Å²) in [6.45, 7) is 8.15. The Kier molecular flexibility index (Phi) is 3.93. The lowest BCUT2D eigenvalue weighted by Crippen LogP contribution is -2.35. The molecule has 0 spiro atoms. The average molecular weight is 240 g/mol. The summed E-state index contributed by atoms with van der Waals surface area (Å²) in [5, 5.41) is 8.87. The number of carbonyl (C=O) groups is 1. The van der Waals surface area contributed by atoms with E-state index in [1.807, 2.05) is 20.8 Å². The highest BCUT2D eigenvalue weighted by Gasteiger charge is 2.22. The van der Waals surface area contributed by atoms with Crippen molar-refractivity contribution in [2.45, 2.75) is 45.7 Å². The summed E-state index contributed by atoms with van der Waals surface area (Å²) in [5.41, 5.74) is -0.0811. The molecular formula is C12H20N2O3. The molecule has 5 nitrogen and oxygen atoms in total. The van der Waals surface area contributed by atoms with Gasteiger partial charge in [0.15, 0.2) is 0 Å². The van der Waals surface area contributed by atoms with Crippen molar-refractivity contribution >= 4 is 5.97 Å². The lowest BCUT2D eigenvalue weighted by atomic mass is 9.94. The van der Waals surface area contributed by atoms with Crippen molar-refractivity contribution in [3.05, 3.63) is 17.8 Å². The number of hydrogen-bond donors (Lipinski definition) is 1. The SMILES string of the molecule is CC(C(=O)O)N(C)Cc1ncc(C(C)(C)C)o1. The third-order valence-corrected chi connectivity index (χ3v) is 2.70. The Hall–Kier alpha value is -1.36. The van der Waals surface area contributed by atoms with E-state index in [9.17, 15) is 4.79 Å². The second kappa shape index (κ2) is 4.87. The molecule has 0 bridgehead atoms. The van der Waals surface area contributed by atoms with Gasteiger partial charge in [-0.05, 0) is 14.0 Å². The summed E-state index contributed by atoms with van der Waals surface area (Å²) in [6, 6.07) is -0.556. The number of aliphatic carboxylic acids is 1. The van der Waals surface area contributed by atoms with Gasteiger partial charge in [-0.15, -0.1) is 0 Å². The minimum Gasteiger partial charge on any atom is -0.480 e. The zero-order valence-electron chi connectivity index (χ0n) is 11.0. The van der Waals surface area contributed by atoms with Gasteiger partial charge >= 0.3 is 5.97 Å². The summed E-state index contributed by atoms with van der Waals surface area (Å²) in [5.74, 6) is 0.504. The highest BCUT2D eigenvalue weighted by molar-refractivity contribution is 5.72. The van der Waals surface area contributed by atoms with Crippen molar-refractivity contribution in [2.24, 2.45) is 0 Å². The first-order chi connectivity index (χ1) is 7.71. The van der Waals surface area contributed by atoms with Crippen LogP contribution in [0.25, 0.3) is 0 Å². The van der Waals surface area contributed by atoms with Crippen LogP contribution < -0.4 is 0 Å². The lowest BCUT2D eigenvalue weighted by Gasteiger charge is -2.19. The summed E-state index contributed by atoms with van der Waals surface area (Å²) < 4.78 is 5.60. The van der Waals surface area contributed by atoms with Crippen molar-refractivity contribution in [1.82, 2.24) is 9.88 Å². The smallest absolute Gasteiger partial charge is 0.320 e. The van der Waals surface area contributed by atoms with Crippen LogP contribution in [-0.4, -0.2) is 34.0 Å². The van der Waals surface area contributed by atoms with E-state index in [1.165, 1.54) is 0 Å². The largest absolute Gasteiger partial charge is 0.480 e. The topological polar surface area (TPSA) is 66.6 Å². The van der Waals surface area contributed by atoms with Crippen molar-refractivity contribution < 1.29 is 14.3 Å².